The van der Waals surface area contributed by atoms with Crippen LogP contribution in [0.4, 0.5) is 25.0 Å². The predicted octanol–water partition coefficient (Wildman–Crippen LogP) is 4.54. The molecule has 1 aliphatic heterocycles. The number of sulfonamides is 1. The monoisotopic (exact) mass is 527 g/mol. The highest BCUT2D eigenvalue weighted by atomic mass is 32.2. The van der Waals surface area contributed by atoms with Gasteiger partial charge in [0.2, 0.25) is 0 Å². The number of methoxy groups -OCH3 is 1. The molecule has 12 heteroatoms. The lowest BCUT2D eigenvalue weighted by atomic mass is 10.2. The van der Waals surface area contributed by atoms with Crippen LogP contribution in [0.2, 0.25) is 0 Å². The number of ether oxygens (including phenoxy) is 3. The van der Waals surface area contributed by atoms with Crippen molar-refractivity contribution in [2.24, 2.45) is 0 Å². The van der Waals surface area contributed by atoms with E-state index < -0.39 is 22.2 Å². The molecule has 0 saturated carbocycles. The summed E-state index contributed by atoms with van der Waals surface area (Å²) in [6.45, 7) is 4.41. The van der Waals surface area contributed by atoms with Gasteiger partial charge in [-0.25, -0.2) is 13.2 Å². The molecule has 9 nitrogen and oxygen atoms in total. The van der Waals surface area contributed by atoms with Gasteiger partial charge in [-0.15, -0.1) is 0 Å². The molecule has 36 heavy (non-hydrogen) atoms. The van der Waals surface area contributed by atoms with Gasteiger partial charge in [-0.05, 0) is 57.5 Å². The lowest BCUT2D eigenvalue weighted by Gasteiger charge is -2.27. The van der Waals surface area contributed by atoms with Crippen LogP contribution >= 0.6 is 0 Å². The van der Waals surface area contributed by atoms with Crippen LogP contribution in [0, 0.1) is 0 Å². The molecular weight excluding hydrogens is 496 g/mol. The number of halogens is 2. The number of hydrogen-bond acceptors (Lipinski definition) is 7. The number of alkyl halides is 2. The summed E-state index contributed by atoms with van der Waals surface area (Å²) in [7, 11) is -2.57. The first-order chi connectivity index (χ1) is 16.9. The zero-order valence-electron chi connectivity index (χ0n) is 20.7. The third-order valence-electron chi connectivity index (χ3n) is 5.26. The van der Waals surface area contributed by atoms with Crippen molar-refractivity contribution in [1.29, 1.82) is 0 Å². The first-order valence-corrected chi connectivity index (χ1v) is 12.8. The number of rotatable bonds is 7. The molecule has 1 N–H and O–H groups in total. The van der Waals surface area contributed by atoms with Crippen LogP contribution in [0.25, 0.3) is 0 Å². The zero-order valence-corrected chi connectivity index (χ0v) is 21.5. The Balaban J connectivity index is 1.79. The molecule has 1 amide bonds. The van der Waals surface area contributed by atoms with E-state index in [1.54, 1.807) is 23.1 Å². The number of carbonyl (C=O) groups is 1. The maximum absolute atomic E-state index is 12.9. The quantitative estimate of drug-likeness (QED) is 0.564. The summed E-state index contributed by atoms with van der Waals surface area (Å²) in [4.78, 5) is 15.9. The SMILES string of the molecule is COc1ccc(NS(=O)(=O)c2cccc(OC(F)F)c2)cc1N1CCCN(C(=O)OC(C)(C)C)CC1. The van der Waals surface area contributed by atoms with E-state index in [4.69, 9.17) is 9.47 Å². The van der Waals surface area contributed by atoms with Crippen molar-refractivity contribution in [2.45, 2.75) is 44.3 Å². The van der Waals surface area contributed by atoms with E-state index in [2.05, 4.69) is 9.46 Å². The number of nitrogens with zero attached hydrogens (tertiary/aromatic N) is 2. The highest BCUT2D eigenvalue weighted by molar-refractivity contribution is 7.92. The molecule has 0 atom stereocenters. The maximum atomic E-state index is 12.9. The number of carbonyl (C=O) groups excluding carboxylic acids is 1. The first-order valence-electron chi connectivity index (χ1n) is 11.4. The second-order valence-electron chi connectivity index (χ2n) is 9.15. The fourth-order valence-electron chi connectivity index (χ4n) is 3.70. The number of benzene rings is 2. The second kappa shape index (κ2) is 11.2. The molecule has 1 heterocycles. The van der Waals surface area contributed by atoms with Crippen LogP contribution in [-0.2, 0) is 14.8 Å². The Hall–Kier alpha value is -3.28. The van der Waals surface area contributed by atoms with Crippen molar-refractivity contribution in [2.75, 3.05) is 42.9 Å². The Morgan fingerprint density at radius 1 is 1.06 bits per heavy atom. The molecule has 198 valence electrons. The van der Waals surface area contributed by atoms with E-state index in [0.717, 1.165) is 6.07 Å². The third-order valence-corrected chi connectivity index (χ3v) is 6.64. The largest absolute Gasteiger partial charge is 0.495 e. The summed E-state index contributed by atoms with van der Waals surface area (Å²) in [6.07, 6.45) is 0.297. The third kappa shape index (κ3) is 7.36. The lowest BCUT2D eigenvalue weighted by molar-refractivity contribution is -0.0500. The zero-order chi connectivity index (χ0) is 26.5. The van der Waals surface area contributed by atoms with Gasteiger partial charge in [0.25, 0.3) is 10.0 Å². The first kappa shape index (κ1) is 27.3. The predicted molar refractivity (Wildman–Crippen MR) is 132 cm³/mol. The van der Waals surface area contributed by atoms with Gasteiger partial charge in [0.05, 0.1) is 23.4 Å². The summed E-state index contributed by atoms with van der Waals surface area (Å²) in [5.74, 6) is 0.276. The van der Waals surface area contributed by atoms with Crippen LogP contribution < -0.4 is 19.1 Å². The van der Waals surface area contributed by atoms with Gasteiger partial charge in [0.15, 0.2) is 0 Å². The Morgan fingerprint density at radius 3 is 2.47 bits per heavy atom. The molecule has 0 radical (unpaired) electrons. The standard InChI is InChI=1S/C24H31F2N3O6S/c1-24(2,3)35-23(30)29-12-6-11-28(13-14-29)20-15-17(9-10-21(20)33-4)27-36(31,32)19-8-5-7-18(16-19)34-22(25)26/h5,7-10,15-16,22,27H,6,11-14H2,1-4H3. The van der Waals surface area contributed by atoms with Crippen molar-refractivity contribution in [3.63, 3.8) is 0 Å². The molecule has 0 unspecified atom stereocenters. The van der Waals surface area contributed by atoms with E-state index in [-0.39, 0.29) is 22.4 Å². The second-order valence-corrected chi connectivity index (χ2v) is 10.8. The molecule has 2 aromatic carbocycles. The van der Waals surface area contributed by atoms with Crippen LogP contribution in [-0.4, -0.2) is 64.9 Å². The van der Waals surface area contributed by atoms with E-state index >= 15 is 0 Å². The molecule has 0 bridgehead atoms. The molecule has 1 saturated heterocycles. The van der Waals surface area contributed by atoms with Crippen molar-refractivity contribution in [3.8, 4) is 11.5 Å². The molecule has 0 aliphatic carbocycles. The van der Waals surface area contributed by atoms with Crippen molar-refractivity contribution >= 4 is 27.5 Å². The molecule has 0 spiro atoms. The fraction of sp³-hybridized carbons (Fsp3) is 0.458. The van der Waals surface area contributed by atoms with Gasteiger partial charge in [-0.1, -0.05) is 6.07 Å². The van der Waals surface area contributed by atoms with Gasteiger partial charge in [0.1, 0.15) is 17.1 Å². The Labute approximate surface area is 210 Å². The van der Waals surface area contributed by atoms with Gasteiger partial charge < -0.3 is 24.0 Å². The van der Waals surface area contributed by atoms with E-state index in [1.165, 1.54) is 25.3 Å². The number of nitrogens with one attached hydrogen (secondary N) is 1. The molecule has 2 aromatic rings. The molecule has 0 aromatic heterocycles. The van der Waals surface area contributed by atoms with Crippen molar-refractivity contribution < 1.29 is 36.2 Å². The van der Waals surface area contributed by atoms with E-state index in [1.807, 2.05) is 25.7 Å². The maximum Gasteiger partial charge on any atom is 0.410 e. The Kier molecular flexibility index (Phi) is 8.49. The van der Waals surface area contributed by atoms with Crippen LogP contribution in [0.3, 0.4) is 0 Å². The topological polar surface area (TPSA) is 97.4 Å². The minimum atomic E-state index is -4.09. The molecule has 1 aliphatic rings. The van der Waals surface area contributed by atoms with E-state index in [9.17, 15) is 22.0 Å². The normalized spacial score (nSPS) is 14.9. The average molecular weight is 528 g/mol. The van der Waals surface area contributed by atoms with Crippen LogP contribution in [0.15, 0.2) is 47.4 Å². The lowest BCUT2D eigenvalue weighted by Crippen LogP contribution is -2.39. The number of amides is 1. The van der Waals surface area contributed by atoms with Crippen molar-refractivity contribution in [3.05, 3.63) is 42.5 Å². The van der Waals surface area contributed by atoms with Gasteiger partial charge in [-0.3, -0.25) is 4.72 Å². The Bertz CT molecular complexity index is 1170. The average Bonchev–Trinajstić information content (AvgIpc) is 3.04. The van der Waals surface area contributed by atoms with Gasteiger partial charge >= 0.3 is 12.7 Å². The number of anilines is 2. The summed E-state index contributed by atoms with van der Waals surface area (Å²) in [6, 6.07) is 9.70. The summed E-state index contributed by atoms with van der Waals surface area (Å²) in [5, 5.41) is 0. The van der Waals surface area contributed by atoms with Crippen LogP contribution in [0.1, 0.15) is 27.2 Å². The Morgan fingerprint density at radius 2 is 1.81 bits per heavy atom. The summed E-state index contributed by atoms with van der Waals surface area (Å²) in [5.41, 5.74) is 0.320. The van der Waals surface area contributed by atoms with Crippen molar-refractivity contribution in [1.82, 2.24) is 4.90 Å². The molecule has 1 fully saturated rings. The molecule has 3 rings (SSSR count). The molecular formula is C24H31F2N3O6S. The van der Waals surface area contributed by atoms with Gasteiger partial charge in [0, 0.05) is 32.2 Å². The minimum absolute atomic E-state index is 0.221. The number of hydrogen-bond donors (Lipinski definition) is 1. The van der Waals surface area contributed by atoms with Gasteiger partial charge in [-0.2, -0.15) is 8.78 Å². The fourth-order valence-corrected chi connectivity index (χ4v) is 4.78. The van der Waals surface area contributed by atoms with E-state index in [0.29, 0.717) is 44.0 Å². The van der Waals surface area contributed by atoms with Crippen LogP contribution in [0.5, 0.6) is 11.5 Å². The smallest absolute Gasteiger partial charge is 0.410 e. The summed E-state index contributed by atoms with van der Waals surface area (Å²) >= 11 is 0. The summed E-state index contributed by atoms with van der Waals surface area (Å²) < 4.78 is 68.6. The highest BCUT2D eigenvalue weighted by Crippen LogP contribution is 2.33. The minimum Gasteiger partial charge on any atom is -0.495 e. The highest BCUT2D eigenvalue weighted by Gasteiger charge is 2.26.